The molecule has 3 heterocycles. The highest BCUT2D eigenvalue weighted by atomic mass is 35.5. The molecule has 1 aliphatic heterocycles. The van der Waals surface area contributed by atoms with E-state index in [1.54, 1.807) is 30.5 Å². The second-order valence-electron chi connectivity index (χ2n) is 6.88. The molecule has 0 atom stereocenters. The van der Waals surface area contributed by atoms with Crippen LogP contribution in [0.5, 0.6) is 0 Å². The van der Waals surface area contributed by atoms with Gasteiger partial charge < -0.3 is 5.32 Å². The van der Waals surface area contributed by atoms with E-state index in [0.29, 0.717) is 38.3 Å². The zero-order valence-electron chi connectivity index (χ0n) is 14.9. The van der Waals surface area contributed by atoms with Crippen molar-refractivity contribution in [3.8, 4) is 0 Å². The fraction of sp³-hybridized carbons (Fsp3) is 0.263. The summed E-state index contributed by atoms with van der Waals surface area (Å²) in [6.07, 6.45) is 4.55. The van der Waals surface area contributed by atoms with Crippen LogP contribution in [0.25, 0.3) is 11.0 Å². The Morgan fingerprint density at radius 2 is 1.86 bits per heavy atom. The van der Waals surface area contributed by atoms with Gasteiger partial charge in [-0.3, -0.25) is 9.00 Å². The first-order valence-corrected chi connectivity index (χ1v) is 11.6. The Morgan fingerprint density at radius 3 is 2.54 bits per heavy atom. The van der Waals surface area contributed by atoms with Gasteiger partial charge in [0.2, 0.25) is 0 Å². The van der Waals surface area contributed by atoms with Crippen molar-refractivity contribution in [2.45, 2.75) is 18.9 Å². The predicted octanol–water partition coefficient (Wildman–Crippen LogP) is 4.04. The molecule has 9 heteroatoms. The number of aromatic nitrogens is 3. The van der Waals surface area contributed by atoms with E-state index in [2.05, 4.69) is 21.3 Å². The lowest BCUT2D eigenvalue weighted by Gasteiger charge is -2.25. The van der Waals surface area contributed by atoms with Gasteiger partial charge in [-0.25, -0.2) is 9.67 Å². The van der Waals surface area contributed by atoms with Gasteiger partial charge in [0.05, 0.1) is 28.2 Å². The zero-order chi connectivity index (χ0) is 19.9. The van der Waals surface area contributed by atoms with Crippen LogP contribution in [0.4, 0.5) is 5.69 Å². The van der Waals surface area contributed by atoms with Crippen LogP contribution in [0.3, 0.4) is 0 Å². The van der Waals surface area contributed by atoms with Crippen LogP contribution in [-0.4, -0.2) is 42.3 Å². The summed E-state index contributed by atoms with van der Waals surface area (Å²) < 4.78 is 13.9. The van der Waals surface area contributed by atoms with Crippen molar-refractivity contribution in [2.24, 2.45) is 0 Å². The number of rotatable bonds is 3. The lowest BCUT2D eigenvalue weighted by molar-refractivity contribution is 0.102. The van der Waals surface area contributed by atoms with Gasteiger partial charge in [0, 0.05) is 28.4 Å². The highest BCUT2D eigenvalue weighted by Gasteiger charge is 2.25. The van der Waals surface area contributed by atoms with Crippen LogP contribution in [0.1, 0.15) is 29.2 Å². The van der Waals surface area contributed by atoms with E-state index in [1.165, 1.54) is 6.20 Å². The van der Waals surface area contributed by atoms with Crippen LogP contribution >= 0.6 is 23.2 Å². The molecule has 6 nitrogen and oxygen atoms in total. The van der Waals surface area contributed by atoms with Gasteiger partial charge >= 0.3 is 0 Å². The lowest BCUT2D eigenvalue weighted by atomic mass is 10.1. The number of hydrogen-bond acceptors (Lipinski definition) is 4. The molecule has 1 amide bonds. The van der Waals surface area contributed by atoms with E-state index in [-0.39, 0.29) is 17.5 Å². The molecule has 1 aromatic carbocycles. The van der Waals surface area contributed by atoms with Gasteiger partial charge in [0.15, 0.2) is 5.65 Å². The molecule has 146 valence electrons. The molecule has 0 radical (unpaired) electrons. The summed E-state index contributed by atoms with van der Waals surface area (Å²) in [7, 11) is -1.97. The minimum absolute atomic E-state index is 0.103. The molecule has 0 unspecified atom stereocenters. The normalized spacial score (nSPS) is 22.3. The number of pyridine rings is 1. The number of benzene rings is 1. The molecule has 0 bridgehead atoms. The molecule has 28 heavy (non-hydrogen) atoms. The van der Waals surface area contributed by atoms with Gasteiger partial charge in [-0.05, 0) is 52.5 Å². The number of hydrogen-bond donors (Lipinski definition) is 1. The fourth-order valence-corrected chi connectivity index (χ4v) is 5.32. The first-order chi connectivity index (χ1) is 13.3. The van der Waals surface area contributed by atoms with Crippen molar-refractivity contribution in [1.82, 2.24) is 14.8 Å². The van der Waals surface area contributed by atoms with Crippen LogP contribution in [0, 0.1) is 0 Å². The number of nitrogens with zero attached hydrogens (tertiary/aromatic N) is 3. The van der Waals surface area contributed by atoms with Gasteiger partial charge in [-0.1, -0.05) is 23.2 Å². The number of carbonyl (C=O) groups is 1. The van der Waals surface area contributed by atoms with E-state index in [9.17, 15) is 9.00 Å². The van der Waals surface area contributed by atoms with Gasteiger partial charge in [0.1, 0.15) is 0 Å². The quantitative estimate of drug-likeness (QED) is 0.628. The highest BCUT2D eigenvalue weighted by Crippen LogP contribution is 2.31. The molecular formula is C19H18Cl2N4O2S. The molecule has 1 fully saturated rings. The minimum Gasteiger partial charge on any atom is -0.322 e. The molecule has 4 rings (SSSR count). The summed E-state index contributed by atoms with van der Waals surface area (Å²) in [5.41, 5.74) is 1.50. The van der Waals surface area contributed by atoms with Crippen LogP contribution in [-0.2, 0) is 9.52 Å². The Morgan fingerprint density at radius 1 is 1.18 bits per heavy atom. The van der Waals surface area contributed by atoms with E-state index in [4.69, 9.17) is 23.2 Å². The Hall–Kier alpha value is -2.09. The van der Waals surface area contributed by atoms with Crippen molar-refractivity contribution in [2.75, 3.05) is 16.8 Å². The third-order valence-electron chi connectivity index (χ3n) is 4.90. The van der Waals surface area contributed by atoms with Gasteiger partial charge in [-0.15, -0.1) is 0 Å². The number of nitrogens with one attached hydrogen (secondary N) is 1. The number of halogens is 2. The summed E-state index contributed by atoms with van der Waals surface area (Å²) in [6.45, 7) is 0. The monoisotopic (exact) mass is 436 g/mol. The third-order valence-corrected chi connectivity index (χ3v) is 7.52. The number of amides is 1. The van der Waals surface area contributed by atoms with Crippen molar-refractivity contribution in [3.05, 3.63) is 52.3 Å². The van der Waals surface area contributed by atoms with E-state index in [0.717, 1.165) is 12.8 Å². The molecule has 1 N–H and O–H groups in total. The second-order valence-corrected chi connectivity index (χ2v) is 10.4. The SMILES string of the molecule is C=S1(=O)CCC(n2ncc3c(Cl)c(C(=O)Nc4ccc(Cl)cc4)cnc32)CC1. The van der Waals surface area contributed by atoms with E-state index >= 15 is 0 Å². The maximum atomic E-state index is 12.6. The Kier molecular flexibility index (Phi) is 5.07. The van der Waals surface area contributed by atoms with E-state index in [1.807, 2.05) is 4.68 Å². The molecule has 2 aromatic heterocycles. The highest BCUT2D eigenvalue weighted by molar-refractivity contribution is 8.00. The van der Waals surface area contributed by atoms with Crippen molar-refractivity contribution < 1.29 is 9.00 Å². The topological polar surface area (TPSA) is 76.9 Å². The fourth-order valence-electron chi connectivity index (χ4n) is 3.32. The Balaban J connectivity index is 1.61. The minimum atomic E-state index is -1.97. The smallest absolute Gasteiger partial charge is 0.258 e. The van der Waals surface area contributed by atoms with Crippen molar-refractivity contribution in [1.29, 1.82) is 0 Å². The predicted molar refractivity (Wildman–Crippen MR) is 115 cm³/mol. The average molecular weight is 437 g/mol. The molecular weight excluding hydrogens is 419 g/mol. The molecule has 0 aliphatic carbocycles. The molecule has 1 aliphatic rings. The molecule has 0 saturated carbocycles. The number of carbonyl (C=O) groups excluding carboxylic acids is 1. The summed E-state index contributed by atoms with van der Waals surface area (Å²) in [5, 5.41) is 8.72. The third kappa shape index (κ3) is 3.74. The molecule has 3 aromatic rings. The molecule has 0 spiro atoms. The van der Waals surface area contributed by atoms with Crippen molar-refractivity contribution in [3.63, 3.8) is 0 Å². The van der Waals surface area contributed by atoms with Crippen molar-refractivity contribution >= 4 is 61.2 Å². The standard InChI is InChI=1S/C19H18Cl2N4O2S/c1-28(27)8-6-14(7-9-28)25-18-15(11-23-25)17(21)16(10-22-18)19(26)24-13-4-2-12(20)3-5-13/h2-5,10-11,14H,1,6-9H2,(H,24,26). The number of fused-ring (bicyclic) bond motifs is 1. The largest absolute Gasteiger partial charge is 0.322 e. The summed E-state index contributed by atoms with van der Waals surface area (Å²) in [5.74, 6) is 4.60. The van der Waals surface area contributed by atoms with E-state index < -0.39 is 9.52 Å². The summed E-state index contributed by atoms with van der Waals surface area (Å²) >= 11 is 12.4. The Labute approximate surface area is 172 Å². The van der Waals surface area contributed by atoms with Gasteiger partial charge in [0.25, 0.3) is 5.91 Å². The van der Waals surface area contributed by atoms with Crippen LogP contribution in [0.15, 0.2) is 36.7 Å². The maximum absolute atomic E-state index is 12.6. The van der Waals surface area contributed by atoms with Crippen LogP contribution < -0.4 is 5.32 Å². The summed E-state index contributed by atoms with van der Waals surface area (Å²) in [4.78, 5) is 17.0. The second kappa shape index (κ2) is 7.39. The summed E-state index contributed by atoms with van der Waals surface area (Å²) in [6, 6.07) is 6.91. The van der Waals surface area contributed by atoms with Gasteiger partial charge in [-0.2, -0.15) is 5.10 Å². The molecule has 1 saturated heterocycles. The first kappa shape index (κ1) is 19.2. The average Bonchev–Trinajstić information content (AvgIpc) is 3.09. The zero-order valence-corrected chi connectivity index (χ0v) is 17.2. The van der Waals surface area contributed by atoms with Crippen LogP contribution in [0.2, 0.25) is 10.0 Å². The maximum Gasteiger partial charge on any atom is 0.258 e. The lowest BCUT2D eigenvalue weighted by Crippen LogP contribution is -2.26. The number of anilines is 1. The Bertz CT molecular complexity index is 1140. The first-order valence-electron chi connectivity index (χ1n) is 8.75.